The zero-order chi connectivity index (χ0) is 14.5. The molecule has 0 unspecified atom stereocenters. The minimum absolute atomic E-state index is 0.0620. The Balaban J connectivity index is 2.00. The summed E-state index contributed by atoms with van der Waals surface area (Å²) >= 11 is 0. The lowest BCUT2D eigenvalue weighted by Crippen LogP contribution is -2.35. The molecule has 1 atom stereocenters. The molecule has 112 valence electrons. The van der Waals surface area contributed by atoms with Gasteiger partial charge in [0.2, 0.25) is 0 Å². The molecule has 1 aromatic heterocycles. The van der Waals surface area contributed by atoms with Gasteiger partial charge in [-0.3, -0.25) is 9.69 Å². The third kappa shape index (κ3) is 3.58. The van der Waals surface area contributed by atoms with Crippen molar-refractivity contribution < 1.29 is 13.9 Å². The van der Waals surface area contributed by atoms with Crippen LogP contribution in [-0.4, -0.2) is 48.6 Å². The molecule has 1 aliphatic heterocycles. The molecule has 1 N–H and O–H groups in total. The van der Waals surface area contributed by atoms with Crippen LogP contribution in [0, 0.1) is 0 Å². The van der Waals surface area contributed by atoms with Crippen molar-refractivity contribution in [1.82, 2.24) is 15.2 Å². The highest BCUT2D eigenvalue weighted by atomic mass is 16.5. The summed E-state index contributed by atoms with van der Waals surface area (Å²) in [4.78, 5) is 18.7. The topological polar surface area (TPSA) is 67.6 Å². The van der Waals surface area contributed by atoms with Crippen molar-refractivity contribution in [3.05, 3.63) is 17.3 Å². The summed E-state index contributed by atoms with van der Waals surface area (Å²) in [5, 5.41) is 2.81. The summed E-state index contributed by atoms with van der Waals surface area (Å²) < 4.78 is 10.6. The van der Waals surface area contributed by atoms with Crippen LogP contribution in [0.1, 0.15) is 42.4 Å². The lowest BCUT2D eigenvalue weighted by atomic mass is 10.1. The summed E-state index contributed by atoms with van der Waals surface area (Å²) in [7, 11) is 1.61. The van der Waals surface area contributed by atoms with Gasteiger partial charge in [0.1, 0.15) is 5.76 Å². The Labute approximate surface area is 119 Å². The van der Waals surface area contributed by atoms with Crippen LogP contribution in [0.25, 0.3) is 0 Å². The maximum atomic E-state index is 12.0. The van der Waals surface area contributed by atoms with Crippen molar-refractivity contribution in [3.8, 4) is 0 Å². The van der Waals surface area contributed by atoms with E-state index in [4.69, 9.17) is 9.15 Å². The molecule has 20 heavy (non-hydrogen) atoms. The predicted octanol–water partition coefficient (Wildman–Crippen LogP) is 1.21. The molecular formula is C14H23N3O3. The number of hydrogen-bond donors (Lipinski definition) is 1. The second kappa shape index (κ2) is 6.85. The van der Waals surface area contributed by atoms with E-state index in [2.05, 4.69) is 22.1 Å². The number of amides is 1. The Morgan fingerprint density at radius 1 is 1.60 bits per heavy atom. The molecule has 0 fully saturated rings. The van der Waals surface area contributed by atoms with Gasteiger partial charge in [0, 0.05) is 32.7 Å². The summed E-state index contributed by atoms with van der Waals surface area (Å²) in [5.41, 5.74) is 0.897. The van der Waals surface area contributed by atoms with E-state index < -0.39 is 0 Å². The molecule has 0 bridgehead atoms. The third-order valence-electron chi connectivity index (χ3n) is 3.33. The smallest absolute Gasteiger partial charge is 0.307 e. The minimum Gasteiger partial charge on any atom is -0.437 e. The predicted molar refractivity (Wildman–Crippen MR) is 74.6 cm³/mol. The summed E-state index contributed by atoms with van der Waals surface area (Å²) in [6, 6.07) is -0.0620. The number of rotatable bonds is 6. The fourth-order valence-electron chi connectivity index (χ4n) is 2.43. The van der Waals surface area contributed by atoms with Crippen molar-refractivity contribution in [2.75, 3.05) is 26.8 Å². The number of fused-ring (bicyclic) bond motifs is 1. The van der Waals surface area contributed by atoms with Crippen LogP contribution in [0.3, 0.4) is 0 Å². The number of carbonyl (C=O) groups excluding carboxylic acids is 1. The van der Waals surface area contributed by atoms with Crippen molar-refractivity contribution in [1.29, 1.82) is 0 Å². The second-order valence-electron chi connectivity index (χ2n) is 5.24. The van der Waals surface area contributed by atoms with E-state index in [0.29, 0.717) is 6.61 Å². The monoisotopic (exact) mass is 281 g/mol. The van der Waals surface area contributed by atoms with E-state index in [1.807, 2.05) is 6.92 Å². The first-order valence-corrected chi connectivity index (χ1v) is 7.14. The Morgan fingerprint density at radius 3 is 3.10 bits per heavy atom. The van der Waals surface area contributed by atoms with Crippen LogP contribution in [-0.2, 0) is 17.7 Å². The Morgan fingerprint density at radius 2 is 2.40 bits per heavy atom. The Kier molecular flexibility index (Phi) is 5.14. The first-order chi connectivity index (χ1) is 9.63. The van der Waals surface area contributed by atoms with Crippen LogP contribution >= 0.6 is 0 Å². The van der Waals surface area contributed by atoms with E-state index in [1.165, 1.54) is 0 Å². The van der Waals surface area contributed by atoms with Gasteiger partial charge >= 0.3 is 5.91 Å². The van der Waals surface area contributed by atoms with Gasteiger partial charge in [-0.15, -0.1) is 0 Å². The largest absolute Gasteiger partial charge is 0.437 e. The summed E-state index contributed by atoms with van der Waals surface area (Å²) in [6.45, 7) is 7.31. The fourth-order valence-corrected chi connectivity index (χ4v) is 2.43. The quantitative estimate of drug-likeness (QED) is 0.849. The maximum Gasteiger partial charge on any atom is 0.307 e. The van der Waals surface area contributed by atoms with Crippen LogP contribution < -0.4 is 5.32 Å². The number of oxazole rings is 1. The number of ether oxygens (including phenoxy) is 1. The molecule has 0 aliphatic carbocycles. The van der Waals surface area contributed by atoms with Crippen LogP contribution in [0.4, 0.5) is 0 Å². The molecule has 2 heterocycles. The highest BCUT2D eigenvalue weighted by Crippen LogP contribution is 2.19. The van der Waals surface area contributed by atoms with Gasteiger partial charge in [-0.1, -0.05) is 6.92 Å². The molecular weight excluding hydrogens is 258 g/mol. The molecule has 0 saturated heterocycles. The van der Waals surface area contributed by atoms with Gasteiger partial charge < -0.3 is 14.5 Å². The third-order valence-corrected chi connectivity index (χ3v) is 3.33. The zero-order valence-corrected chi connectivity index (χ0v) is 12.4. The Hall–Kier alpha value is -1.40. The van der Waals surface area contributed by atoms with Gasteiger partial charge in [0.25, 0.3) is 5.89 Å². The van der Waals surface area contributed by atoms with E-state index in [1.54, 1.807) is 7.11 Å². The number of nitrogens with one attached hydrogen (secondary N) is 1. The number of methoxy groups -OCH3 is 1. The summed E-state index contributed by atoms with van der Waals surface area (Å²) in [6.07, 6.45) is 1.94. The second-order valence-corrected chi connectivity index (χ2v) is 5.24. The van der Waals surface area contributed by atoms with E-state index in [-0.39, 0.29) is 17.8 Å². The molecule has 6 heteroatoms. The minimum atomic E-state index is -0.272. The fraction of sp³-hybridized carbons (Fsp3) is 0.714. The van der Waals surface area contributed by atoms with Gasteiger partial charge in [-0.05, 0) is 19.9 Å². The first-order valence-electron chi connectivity index (χ1n) is 7.14. The first kappa shape index (κ1) is 15.0. The van der Waals surface area contributed by atoms with E-state index >= 15 is 0 Å². The lowest BCUT2D eigenvalue weighted by molar-refractivity contribution is 0.0869. The lowest BCUT2D eigenvalue weighted by Gasteiger charge is -2.24. The van der Waals surface area contributed by atoms with E-state index in [0.717, 1.165) is 43.9 Å². The molecule has 6 nitrogen and oxygen atoms in total. The molecule has 0 saturated carbocycles. The SMILES string of the molecule is CCCN1CCc2oc(C(=O)N[C@H](C)COC)nc2C1. The van der Waals surface area contributed by atoms with Crippen molar-refractivity contribution in [2.45, 2.75) is 39.3 Å². The van der Waals surface area contributed by atoms with Gasteiger partial charge in [-0.2, -0.15) is 0 Å². The molecule has 0 spiro atoms. The average Bonchev–Trinajstić information content (AvgIpc) is 2.82. The normalized spacial score (nSPS) is 16.8. The maximum absolute atomic E-state index is 12.0. The molecule has 1 aromatic rings. The number of aromatic nitrogens is 1. The van der Waals surface area contributed by atoms with Crippen molar-refractivity contribution >= 4 is 5.91 Å². The van der Waals surface area contributed by atoms with Gasteiger partial charge in [0.15, 0.2) is 0 Å². The Bertz CT molecular complexity index is 459. The van der Waals surface area contributed by atoms with Gasteiger partial charge in [0.05, 0.1) is 12.3 Å². The molecule has 0 aromatic carbocycles. The number of nitrogens with zero attached hydrogens (tertiary/aromatic N) is 2. The molecule has 1 aliphatic rings. The van der Waals surface area contributed by atoms with Gasteiger partial charge in [-0.25, -0.2) is 4.98 Å². The standard InChI is InChI=1S/C14H23N3O3/c1-4-6-17-7-5-12-11(8-17)16-14(20-12)13(18)15-10(2)9-19-3/h10H,4-9H2,1-3H3,(H,15,18)/t10-/m1/s1. The highest BCUT2D eigenvalue weighted by Gasteiger charge is 2.24. The van der Waals surface area contributed by atoms with Crippen LogP contribution in [0.15, 0.2) is 4.42 Å². The average molecular weight is 281 g/mol. The van der Waals surface area contributed by atoms with E-state index in [9.17, 15) is 4.79 Å². The number of hydrogen-bond acceptors (Lipinski definition) is 5. The summed E-state index contributed by atoms with van der Waals surface area (Å²) in [5.74, 6) is 0.740. The molecule has 2 rings (SSSR count). The molecule has 1 amide bonds. The van der Waals surface area contributed by atoms with Crippen LogP contribution in [0.2, 0.25) is 0 Å². The van der Waals surface area contributed by atoms with Crippen LogP contribution in [0.5, 0.6) is 0 Å². The highest BCUT2D eigenvalue weighted by molar-refractivity contribution is 5.89. The molecule has 0 radical (unpaired) electrons. The van der Waals surface area contributed by atoms with Crippen molar-refractivity contribution in [3.63, 3.8) is 0 Å². The van der Waals surface area contributed by atoms with Crippen molar-refractivity contribution in [2.24, 2.45) is 0 Å². The number of carbonyl (C=O) groups is 1. The zero-order valence-electron chi connectivity index (χ0n) is 12.4.